The first-order valence-electron chi connectivity index (χ1n) is 7.41. The second-order valence-electron chi connectivity index (χ2n) is 5.87. The Morgan fingerprint density at radius 2 is 1.38 bits per heavy atom. The van der Waals surface area contributed by atoms with Gasteiger partial charge in [0.25, 0.3) is 0 Å². The molecule has 0 saturated heterocycles. The van der Waals surface area contributed by atoms with Gasteiger partial charge >= 0.3 is 6.18 Å². The third kappa shape index (κ3) is 3.91. The summed E-state index contributed by atoms with van der Waals surface area (Å²) in [5.41, 5.74) is 2.38. The third-order valence-electron chi connectivity index (χ3n) is 3.81. The molecule has 2 rings (SSSR count). The van der Waals surface area contributed by atoms with Gasteiger partial charge in [-0.05, 0) is 44.0 Å². The summed E-state index contributed by atoms with van der Waals surface area (Å²) in [6, 6.07) is 7.63. The first kappa shape index (κ1) is 17.9. The van der Waals surface area contributed by atoms with E-state index >= 15 is 0 Å². The average molecular weight is 334 g/mol. The van der Waals surface area contributed by atoms with Gasteiger partial charge in [0.1, 0.15) is 0 Å². The van der Waals surface area contributed by atoms with Crippen LogP contribution in [-0.4, -0.2) is 11.6 Å². The molecule has 0 aromatic heterocycles. The van der Waals surface area contributed by atoms with Crippen molar-refractivity contribution in [2.45, 2.75) is 33.4 Å². The highest BCUT2D eigenvalue weighted by molar-refractivity contribution is 6.14. The minimum atomic E-state index is -4.45. The number of halogens is 3. The zero-order valence-electron chi connectivity index (χ0n) is 13.6. The van der Waals surface area contributed by atoms with Crippen LogP contribution in [0.4, 0.5) is 13.2 Å². The van der Waals surface area contributed by atoms with Gasteiger partial charge in [-0.3, -0.25) is 9.59 Å². The fraction of sp³-hybridized carbons (Fsp3) is 0.263. The van der Waals surface area contributed by atoms with E-state index in [9.17, 15) is 22.8 Å². The first-order chi connectivity index (χ1) is 11.1. The van der Waals surface area contributed by atoms with E-state index in [1.807, 2.05) is 19.1 Å². The Bertz CT molecular complexity index is 764. The molecule has 0 atom stereocenters. The number of aryl methyl sites for hydroxylation is 3. The van der Waals surface area contributed by atoms with Gasteiger partial charge < -0.3 is 0 Å². The van der Waals surface area contributed by atoms with Gasteiger partial charge in [-0.25, -0.2) is 0 Å². The van der Waals surface area contributed by atoms with Gasteiger partial charge in [0.15, 0.2) is 11.6 Å². The molecule has 0 heterocycles. The maximum atomic E-state index is 12.5. The van der Waals surface area contributed by atoms with E-state index in [4.69, 9.17) is 0 Å². The molecular weight excluding hydrogens is 317 g/mol. The molecule has 0 amide bonds. The van der Waals surface area contributed by atoms with Crippen molar-refractivity contribution < 1.29 is 22.8 Å². The molecule has 0 spiro atoms. The van der Waals surface area contributed by atoms with E-state index in [2.05, 4.69) is 0 Å². The summed E-state index contributed by atoms with van der Waals surface area (Å²) < 4.78 is 37.6. The number of benzene rings is 2. The number of ketones is 2. The number of alkyl halides is 3. The Kier molecular flexibility index (Phi) is 4.92. The number of hydrogen-bond acceptors (Lipinski definition) is 2. The number of Topliss-reactive ketones (excluding diaryl/α,β-unsaturated/α-hetero) is 2. The Labute approximate surface area is 138 Å². The van der Waals surface area contributed by atoms with E-state index in [-0.39, 0.29) is 17.8 Å². The van der Waals surface area contributed by atoms with Gasteiger partial charge in [-0.2, -0.15) is 13.2 Å². The molecule has 0 bridgehead atoms. The fourth-order valence-electron chi connectivity index (χ4n) is 2.80. The molecule has 2 nitrogen and oxygen atoms in total. The average Bonchev–Trinajstić information content (AvgIpc) is 2.45. The van der Waals surface area contributed by atoms with Crippen molar-refractivity contribution in [1.82, 2.24) is 0 Å². The molecule has 0 fully saturated rings. The number of rotatable bonds is 4. The molecule has 2 aromatic rings. The minimum Gasteiger partial charge on any atom is -0.294 e. The van der Waals surface area contributed by atoms with Crippen molar-refractivity contribution in [3.63, 3.8) is 0 Å². The molecule has 0 N–H and O–H groups in total. The van der Waals surface area contributed by atoms with Gasteiger partial charge in [-0.15, -0.1) is 0 Å². The molecule has 0 aliphatic heterocycles. The Morgan fingerprint density at radius 1 is 0.875 bits per heavy atom. The van der Waals surface area contributed by atoms with Gasteiger partial charge in [0.05, 0.1) is 12.0 Å². The van der Waals surface area contributed by atoms with Crippen LogP contribution < -0.4 is 0 Å². The highest BCUT2D eigenvalue weighted by Crippen LogP contribution is 2.29. The summed E-state index contributed by atoms with van der Waals surface area (Å²) >= 11 is 0. The molecule has 126 valence electrons. The van der Waals surface area contributed by atoms with Crippen LogP contribution in [0.15, 0.2) is 36.4 Å². The number of hydrogen-bond donors (Lipinski definition) is 0. The molecule has 0 radical (unpaired) electrons. The molecular formula is C19H17F3O2. The van der Waals surface area contributed by atoms with Crippen LogP contribution in [0.3, 0.4) is 0 Å². The predicted octanol–water partition coefficient (Wildman–Crippen LogP) is 5.09. The van der Waals surface area contributed by atoms with Crippen LogP contribution in [0.1, 0.15) is 49.4 Å². The molecule has 0 aliphatic rings. The molecule has 5 heteroatoms. The van der Waals surface area contributed by atoms with E-state index in [0.29, 0.717) is 5.56 Å². The molecule has 0 aliphatic carbocycles. The van der Waals surface area contributed by atoms with E-state index in [1.165, 1.54) is 0 Å². The lowest BCUT2D eigenvalue weighted by Crippen LogP contribution is -2.12. The lowest BCUT2D eigenvalue weighted by molar-refractivity contribution is -0.137. The zero-order valence-corrected chi connectivity index (χ0v) is 13.6. The van der Waals surface area contributed by atoms with Crippen LogP contribution in [-0.2, 0) is 6.18 Å². The van der Waals surface area contributed by atoms with Gasteiger partial charge in [0, 0.05) is 11.1 Å². The molecule has 24 heavy (non-hydrogen) atoms. The van der Waals surface area contributed by atoms with E-state index < -0.39 is 17.5 Å². The first-order valence-corrected chi connectivity index (χ1v) is 7.41. The largest absolute Gasteiger partial charge is 0.416 e. The van der Waals surface area contributed by atoms with Crippen molar-refractivity contribution in [2.75, 3.05) is 0 Å². The number of carbonyl (C=O) groups is 2. The van der Waals surface area contributed by atoms with Gasteiger partial charge in [-0.1, -0.05) is 29.8 Å². The Morgan fingerprint density at radius 3 is 1.83 bits per heavy atom. The van der Waals surface area contributed by atoms with Crippen molar-refractivity contribution in [3.8, 4) is 0 Å². The lowest BCUT2D eigenvalue weighted by atomic mass is 9.93. The summed E-state index contributed by atoms with van der Waals surface area (Å²) in [5, 5.41) is 0. The third-order valence-corrected chi connectivity index (χ3v) is 3.81. The normalized spacial score (nSPS) is 11.4. The highest BCUT2D eigenvalue weighted by atomic mass is 19.4. The van der Waals surface area contributed by atoms with Crippen molar-refractivity contribution in [1.29, 1.82) is 0 Å². The molecule has 0 unspecified atom stereocenters. The lowest BCUT2D eigenvalue weighted by Gasteiger charge is -2.10. The van der Waals surface area contributed by atoms with Crippen molar-refractivity contribution in [3.05, 3.63) is 69.8 Å². The van der Waals surface area contributed by atoms with E-state index in [1.54, 1.807) is 13.8 Å². The van der Waals surface area contributed by atoms with Crippen LogP contribution in [0.25, 0.3) is 0 Å². The maximum absolute atomic E-state index is 12.5. The standard InChI is InChI=1S/C19H17F3O2/c1-11-8-12(2)18(13(3)9-11)17(24)10-16(23)14-4-6-15(7-5-14)19(20,21)22/h4-9H,10H2,1-3H3. The SMILES string of the molecule is Cc1cc(C)c(C(=O)CC(=O)c2ccc(C(F)(F)F)cc2)c(C)c1. The summed E-state index contributed by atoms with van der Waals surface area (Å²) in [5.74, 6) is -0.817. The Hall–Kier alpha value is -2.43. The molecule has 0 saturated carbocycles. The highest BCUT2D eigenvalue weighted by Gasteiger charge is 2.30. The van der Waals surface area contributed by atoms with E-state index in [0.717, 1.165) is 41.0 Å². The smallest absolute Gasteiger partial charge is 0.294 e. The maximum Gasteiger partial charge on any atom is 0.416 e. The van der Waals surface area contributed by atoms with Crippen molar-refractivity contribution >= 4 is 11.6 Å². The predicted molar refractivity (Wildman–Crippen MR) is 85.4 cm³/mol. The fourth-order valence-corrected chi connectivity index (χ4v) is 2.80. The Balaban J connectivity index is 2.19. The van der Waals surface area contributed by atoms with Crippen LogP contribution in [0, 0.1) is 20.8 Å². The summed E-state index contributed by atoms with van der Waals surface area (Å²) in [6.45, 7) is 5.52. The minimum absolute atomic E-state index is 0.0961. The van der Waals surface area contributed by atoms with Crippen molar-refractivity contribution in [2.24, 2.45) is 0 Å². The van der Waals surface area contributed by atoms with Gasteiger partial charge in [0.2, 0.25) is 0 Å². The second-order valence-corrected chi connectivity index (χ2v) is 5.87. The van der Waals surface area contributed by atoms with Crippen LogP contribution in [0.5, 0.6) is 0 Å². The van der Waals surface area contributed by atoms with Crippen LogP contribution >= 0.6 is 0 Å². The topological polar surface area (TPSA) is 34.1 Å². The second kappa shape index (κ2) is 6.59. The molecule has 2 aromatic carbocycles. The summed E-state index contributed by atoms with van der Waals surface area (Å²) in [6.07, 6.45) is -4.82. The zero-order chi connectivity index (χ0) is 18.1. The summed E-state index contributed by atoms with van der Waals surface area (Å²) in [7, 11) is 0. The number of carbonyl (C=O) groups excluding carboxylic acids is 2. The quantitative estimate of drug-likeness (QED) is 0.577. The van der Waals surface area contributed by atoms with Crippen LogP contribution in [0.2, 0.25) is 0 Å². The monoisotopic (exact) mass is 334 g/mol. The summed E-state index contributed by atoms with van der Waals surface area (Å²) in [4.78, 5) is 24.6.